The van der Waals surface area contributed by atoms with E-state index in [1.54, 1.807) is 7.11 Å². The van der Waals surface area contributed by atoms with Crippen LogP contribution in [0.5, 0.6) is 0 Å². The number of hydrogen-bond donors (Lipinski definition) is 1. The van der Waals surface area contributed by atoms with Crippen molar-refractivity contribution in [3.63, 3.8) is 0 Å². The third-order valence-corrected chi connectivity index (χ3v) is 6.67. The van der Waals surface area contributed by atoms with Gasteiger partial charge in [-0.3, -0.25) is 9.59 Å². The summed E-state index contributed by atoms with van der Waals surface area (Å²) in [6.45, 7) is 2.55. The first kappa shape index (κ1) is 18.5. The third-order valence-electron chi connectivity index (χ3n) is 6.67. The van der Waals surface area contributed by atoms with Crippen molar-refractivity contribution in [1.29, 1.82) is 0 Å². The molecule has 1 spiro atoms. The van der Waals surface area contributed by atoms with Gasteiger partial charge in [0.2, 0.25) is 11.8 Å². The zero-order valence-electron chi connectivity index (χ0n) is 16.2. The van der Waals surface area contributed by atoms with E-state index in [9.17, 15) is 9.59 Å². The highest BCUT2D eigenvalue weighted by Gasteiger charge is 2.46. The molecule has 1 aliphatic heterocycles. The van der Waals surface area contributed by atoms with E-state index < -0.39 is 0 Å². The minimum Gasteiger partial charge on any atom is -0.375 e. The Balaban J connectivity index is 1.44. The average molecular weight is 370 g/mol. The lowest BCUT2D eigenvalue weighted by Gasteiger charge is -2.40. The minimum atomic E-state index is 0.0784. The number of carbonyl (C=O) groups excluding carboxylic acids is 2. The average Bonchev–Trinajstić information content (AvgIpc) is 3.47. The van der Waals surface area contributed by atoms with Gasteiger partial charge in [0.25, 0.3) is 0 Å². The van der Waals surface area contributed by atoms with E-state index in [4.69, 9.17) is 4.74 Å². The van der Waals surface area contributed by atoms with Gasteiger partial charge >= 0.3 is 0 Å². The van der Waals surface area contributed by atoms with Crippen LogP contribution < -0.4 is 5.32 Å². The molecule has 0 unspecified atom stereocenters. The number of likely N-dealkylation sites (tertiary alicyclic amines) is 1. The number of rotatable bonds is 6. The van der Waals surface area contributed by atoms with Gasteiger partial charge in [-0.25, -0.2) is 0 Å². The summed E-state index contributed by atoms with van der Waals surface area (Å²) in [6, 6.07) is 8.64. The van der Waals surface area contributed by atoms with Crippen molar-refractivity contribution in [2.24, 2.45) is 5.92 Å². The summed E-state index contributed by atoms with van der Waals surface area (Å²) in [5, 5.41) is 3.12. The molecular weight excluding hydrogens is 340 g/mol. The molecule has 1 aromatic carbocycles. The lowest BCUT2D eigenvalue weighted by molar-refractivity contribution is -0.136. The van der Waals surface area contributed by atoms with E-state index in [2.05, 4.69) is 29.6 Å². The predicted molar refractivity (Wildman–Crippen MR) is 104 cm³/mol. The number of carbonyl (C=O) groups is 2. The van der Waals surface area contributed by atoms with Crippen LogP contribution in [0.2, 0.25) is 0 Å². The topological polar surface area (TPSA) is 58.6 Å². The first-order valence-electron chi connectivity index (χ1n) is 10.2. The zero-order valence-corrected chi connectivity index (χ0v) is 16.2. The van der Waals surface area contributed by atoms with Crippen molar-refractivity contribution in [3.8, 4) is 0 Å². The molecule has 0 bridgehead atoms. The van der Waals surface area contributed by atoms with Gasteiger partial charge in [0.1, 0.15) is 6.61 Å². The molecule has 2 amide bonds. The monoisotopic (exact) mass is 370 g/mol. The van der Waals surface area contributed by atoms with Gasteiger partial charge in [-0.1, -0.05) is 24.3 Å². The molecule has 1 N–H and O–H groups in total. The fraction of sp³-hybridized carbons (Fsp3) is 0.636. The van der Waals surface area contributed by atoms with Gasteiger partial charge in [0.05, 0.1) is 0 Å². The Hall–Kier alpha value is -1.88. The van der Waals surface area contributed by atoms with Crippen LogP contribution in [-0.2, 0) is 19.7 Å². The molecule has 0 aromatic heterocycles. The van der Waals surface area contributed by atoms with Crippen molar-refractivity contribution >= 4 is 11.8 Å². The van der Waals surface area contributed by atoms with Gasteiger partial charge in [0, 0.05) is 33.2 Å². The van der Waals surface area contributed by atoms with Crippen LogP contribution in [0.1, 0.15) is 55.6 Å². The van der Waals surface area contributed by atoms with E-state index >= 15 is 0 Å². The van der Waals surface area contributed by atoms with Crippen molar-refractivity contribution in [3.05, 3.63) is 35.4 Å². The third kappa shape index (κ3) is 3.88. The largest absolute Gasteiger partial charge is 0.375 e. The summed E-state index contributed by atoms with van der Waals surface area (Å²) in [5.41, 5.74) is 2.86. The van der Waals surface area contributed by atoms with E-state index in [1.807, 2.05) is 4.90 Å². The molecule has 1 saturated carbocycles. The first-order valence-corrected chi connectivity index (χ1v) is 10.2. The fourth-order valence-electron chi connectivity index (χ4n) is 4.96. The first-order chi connectivity index (χ1) is 13.1. The molecule has 5 heteroatoms. The maximum atomic E-state index is 12.4. The highest BCUT2D eigenvalue weighted by atomic mass is 16.5. The van der Waals surface area contributed by atoms with E-state index in [0.29, 0.717) is 18.3 Å². The highest BCUT2D eigenvalue weighted by molar-refractivity contribution is 5.78. The van der Waals surface area contributed by atoms with Gasteiger partial charge in [0.15, 0.2) is 0 Å². The van der Waals surface area contributed by atoms with Crippen LogP contribution in [0.15, 0.2) is 24.3 Å². The molecule has 1 heterocycles. The Morgan fingerprint density at radius 2 is 1.96 bits per heavy atom. The van der Waals surface area contributed by atoms with Crippen molar-refractivity contribution in [2.75, 3.05) is 33.4 Å². The minimum absolute atomic E-state index is 0.0784. The van der Waals surface area contributed by atoms with Crippen LogP contribution >= 0.6 is 0 Å². The molecule has 27 heavy (non-hydrogen) atoms. The smallest absolute Gasteiger partial charge is 0.248 e. The molecule has 4 rings (SSSR count). The summed E-state index contributed by atoms with van der Waals surface area (Å²) < 4.78 is 5.00. The Morgan fingerprint density at radius 3 is 2.67 bits per heavy atom. The summed E-state index contributed by atoms with van der Waals surface area (Å²) in [5.74, 6) is 1.27. The second-order valence-corrected chi connectivity index (χ2v) is 8.53. The quantitative estimate of drug-likeness (QED) is 0.837. The number of nitrogens with zero attached hydrogens (tertiary/aromatic N) is 1. The summed E-state index contributed by atoms with van der Waals surface area (Å²) >= 11 is 0. The molecule has 1 aromatic rings. The molecule has 1 atom stereocenters. The lowest BCUT2D eigenvalue weighted by atomic mass is 9.73. The number of hydrogen-bond acceptors (Lipinski definition) is 3. The SMILES string of the molecule is COCC(=O)N1CCC2(CC1)C[C@H](CC(=O)NCC1CC1)c1ccccc12. The number of methoxy groups -OCH3 is 1. The number of ether oxygens (including phenoxy) is 1. The molecule has 2 aliphatic carbocycles. The number of piperidine rings is 1. The zero-order chi connectivity index (χ0) is 18.9. The van der Waals surface area contributed by atoms with Gasteiger partial charge in [-0.15, -0.1) is 0 Å². The summed E-state index contributed by atoms with van der Waals surface area (Å²) in [6.07, 6.45) is 6.06. The number of fused-ring (bicyclic) bond motifs is 2. The van der Waals surface area contributed by atoms with Crippen molar-refractivity contribution in [1.82, 2.24) is 10.2 Å². The molecule has 2 fully saturated rings. The molecule has 0 radical (unpaired) electrons. The van der Waals surface area contributed by atoms with E-state index in [0.717, 1.165) is 38.9 Å². The maximum Gasteiger partial charge on any atom is 0.248 e. The maximum absolute atomic E-state index is 12.4. The molecule has 146 valence electrons. The normalized spacial score (nSPS) is 23.3. The van der Waals surface area contributed by atoms with Crippen molar-refractivity contribution in [2.45, 2.75) is 49.9 Å². The van der Waals surface area contributed by atoms with Crippen LogP contribution in [0, 0.1) is 5.92 Å². The second kappa shape index (κ2) is 7.63. The molecule has 3 aliphatic rings. The Morgan fingerprint density at radius 1 is 1.22 bits per heavy atom. The van der Waals surface area contributed by atoms with Crippen LogP contribution in [-0.4, -0.2) is 50.1 Å². The predicted octanol–water partition coefficient (Wildman–Crippen LogP) is 2.60. The molecular formula is C22H30N2O3. The number of nitrogens with one attached hydrogen (secondary N) is 1. The van der Waals surface area contributed by atoms with Gasteiger partial charge in [-0.05, 0) is 60.5 Å². The second-order valence-electron chi connectivity index (χ2n) is 8.53. The van der Waals surface area contributed by atoms with Crippen LogP contribution in [0.3, 0.4) is 0 Å². The fourth-order valence-corrected chi connectivity index (χ4v) is 4.96. The van der Waals surface area contributed by atoms with Crippen LogP contribution in [0.25, 0.3) is 0 Å². The Bertz CT molecular complexity index is 705. The Labute approximate surface area is 161 Å². The summed E-state index contributed by atoms with van der Waals surface area (Å²) in [4.78, 5) is 26.5. The van der Waals surface area contributed by atoms with E-state index in [-0.39, 0.29) is 23.8 Å². The Kier molecular flexibility index (Phi) is 5.22. The highest BCUT2D eigenvalue weighted by Crippen LogP contribution is 2.52. The van der Waals surface area contributed by atoms with E-state index in [1.165, 1.54) is 24.0 Å². The molecule has 1 saturated heterocycles. The summed E-state index contributed by atoms with van der Waals surface area (Å²) in [7, 11) is 1.56. The van der Waals surface area contributed by atoms with Gasteiger partial charge < -0.3 is 15.0 Å². The van der Waals surface area contributed by atoms with Crippen LogP contribution in [0.4, 0.5) is 0 Å². The number of benzene rings is 1. The molecule has 5 nitrogen and oxygen atoms in total. The number of amides is 2. The van der Waals surface area contributed by atoms with Gasteiger partial charge in [-0.2, -0.15) is 0 Å². The lowest BCUT2D eigenvalue weighted by Crippen LogP contribution is -2.45. The van der Waals surface area contributed by atoms with Crippen molar-refractivity contribution < 1.29 is 14.3 Å². The standard InChI is InChI=1S/C22H30N2O3/c1-27-15-21(26)24-10-8-22(9-11-24)13-17(18-4-2-3-5-19(18)22)12-20(25)23-14-16-6-7-16/h2-5,16-17H,6-15H2,1H3,(H,23,25)/t17-/m0/s1.